The van der Waals surface area contributed by atoms with Crippen LogP contribution in [0.4, 0.5) is 14.5 Å². The number of pyridine rings is 1. The molecule has 3 nitrogen and oxygen atoms in total. The van der Waals surface area contributed by atoms with Crippen LogP contribution in [0, 0.1) is 6.57 Å². The minimum absolute atomic E-state index is 0.174. The number of fused-ring (bicyclic) bond motifs is 3. The van der Waals surface area contributed by atoms with Crippen LogP contribution in [0.3, 0.4) is 0 Å². The molecular formula is C13H6F2N2O. The zero-order valence-electron chi connectivity index (χ0n) is 9.00. The second kappa shape index (κ2) is 3.26. The fraction of sp³-hybridized carbons (Fsp3) is 0.0769. The summed E-state index contributed by atoms with van der Waals surface area (Å²) in [6, 6.07) is 6.57. The maximum atomic E-state index is 14.1. The van der Waals surface area contributed by atoms with E-state index in [0.29, 0.717) is 11.3 Å². The van der Waals surface area contributed by atoms with Crippen LogP contribution in [0.15, 0.2) is 35.1 Å². The van der Waals surface area contributed by atoms with E-state index >= 15 is 0 Å². The van der Waals surface area contributed by atoms with E-state index in [1.165, 1.54) is 30.3 Å². The van der Waals surface area contributed by atoms with Gasteiger partial charge in [0.15, 0.2) is 5.69 Å². The van der Waals surface area contributed by atoms with Gasteiger partial charge in [-0.1, -0.05) is 12.1 Å². The van der Waals surface area contributed by atoms with Crippen LogP contribution in [0.5, 0.6) is 0 Å². The van der Waals surface area contributed by atoms with Crippen molar-refractivity contribution in [3.63, 3.8) is 0 Å². The van der Waals surface area contributed by atoms with Gasteiger partial charge in [-0.2, -0.15) is 8.78 Å². The highest BCUT2D eigenvalue weighted by atomic mass is 19.3. The Morgan fingerprint density at radius 2 is 1.94 bits per heavy atom. The van der Waals surface area contributed by atoms with Gasteiger partial charge >= 0.3 is 5.92 Å². The topological polar surface area (TPSA) is 37.2 Å². The first-order chi connectivity index (χ1) is 8.54. The molecule has 3 rings (SSSR count). The lowest BCUT2D eigenvalue weighted by Gasteiger charge is -2.11. The molecule has 1 aromatic heterocycles. The number of rotatable bonds is 0. The average Bonchev–Trinajstić information content (AvgIpc) is 2.58. The van der Waals surface area contributed by atoms with Gasteiger partial charge in [-0.3, -0.25) is 4.79 Å². The molecule has 1 heterocycles. The van der Waals surface area contributed by atoms with Gasteiger partial charge in [-0.05, 0) is 17.7 Å². The van der Waals surface area contributed by atoms with Gasteiger partial charge in [-0.25, -0.2) is 4.85 Å². The fourth-order valence-corrected chi connectivity index (χ4v) is 2.18. The third kappa shape index (κ3) is 1.23. The van der Waals surface area contributed by atoms with Gasteiger partial charge in [0.2, 0.25) is 5.56 Å². The fourth-order valence-electron chi connectivity index (χ4n) is 2.18. The lowest BCUT2D eigenvalue weighted by molar-refractivity contribution is 0.0431. The van der Waals surface area contributed by atoms with Crippen molar-refractivity contribution in [1.82, 2.24) is 4.98 Å². The molecule has 0 aliphatic heterocycles. The maximum absolute atomic E-state index is 14.1. The first kappa shape index (κ1) is 10.7. The largest absolute Gasteiger partial charge is 0.320 e. The summed E-state index contributed by atoms with van der Waals surface area (Å²) in [6.07, 6.45) is 0. The van der Waals surface area contributed by atoms with Gasteiger partial charge < -0.3 is 4.98 Å². The van der Waals surface area contributed by atoms with Gasteiger partial charge in [0.1, 0.15) is 5.69 Å². The van der Waals surface area contributed by atoms with Crippen LogP contribution in [-0.4, -0.2) is 4.98 Å². The van der Waals surface area contributed by atoms with E-state index in [2.05, 4.69) is 9.83 Å². The SMILES string of the molecule is [C-]#[N+]c1ccc2c(c1)-c1ccc(=O)[nH]c1C2(F)F. The number of alkyl halides is 2. The highest BCUT2D eigenvalue weighted by Crippen LogP contribution is 2.50. The summed E-state index contributed by atoms with van der Waals surface area (Å²) in [5, 5.41) is 0. The second-order valence-electron chi connectivity index (χ2n) is 4.03. The molecule has 0 fully saturated rings. The first-order valence-corrected chi connectivity index (χ1v) is 5.18. The Bertz CT molecular complexity index is 756. The summed E-state index contributed by atoms with van der Waals surface area (Å²) in [5.74, 6) is -3.22. The second-order valence-corrected chi connectivity index (χ2v) is 4.03. The zero-order valence-corrected chi connectivity index (χ0v) is 9.00. The van der Waals surface area contributed by atoms with Gasteiger partial charge in [-0.15, -0.1) is 0 Å². The van der Waals surface area contributed by atoms with E-state index in [-0.39, 0.29) is 11.1 Å². The molecule has 5 heteroatoms. The summed E-state index contributed by atoms with van der Waals surface area (Å²) in [7, 11) is 0. The highest BCUT2D eigenvalue weighted by molar-refractivity contribution is 5.80. The van der Waals surface area contributed by atoms with E-state index < -0.39 is 17.2 Å². The van der Waals surface area contributed by atoms with Crippen LogP contribution in [0.2, 0.25) is 0 Å². The molecule has 0 radical (unpaired) electrons. The number of nitrogens with one attached hydrogen (secondary N) is 1. The Labute approximate surface area is 101 Å². The van der Waals surface area contributed by atoms with E-state index in [4.69, 9.17) is 6.57 Å². The number of aromatic amines is 1. The normalized spacial score (nSPS) is 14.7. The molecule has 0 bridgehead atoms. The molecule has 2 aromatic rings. The predicted molar refractivity (Wildman–Crippen MR) is 61.8 cm³/mol. The molecule has 0 atom stereocenters. The molecule has 1 aliphatic carbocycles. The summed E-state index contributed by atoms with van der Waals surface area (Å²) in [5.41, 5.74) is -0.256. The number of halogens is 2. The number of aromatic nitrogens is 1. The monoisotopic (exact) mass is 244 g/mol. The molecule has 0 amide bonds. The van der Waals surface area contributed by atoms with Crippen molar-refractivity contribution in [1.29, 1.82) is 0 Å². The molecule has 0 saturated carbocycles. The van der Waals surface area contributed by atoms with Crippen LogP contribution < -0.4 is 5.56 Å². The number of benzene rings is 1. The summed E-state index contributed by atoms with van der Waals surface area (Å²) in [6.45, 7) is 6.90. The number of nitrogens with zero attached hydrogens (tertiary/aromatic N) is 1. The molecule has 1 aliphatic rings. The van der Waals surface area contributed by atoms with Crippen LogP contribution in [-0.2, 0) is 5.92 Å². The smallest absolute Gasteiger partial charge is 0.314 e. The minimum atomic E-state index is -3.22. The van der Waals surface area contributed by atoms with Crippen LogP contribution >= 0.6 is 0 Å². The van der Waals surface area contributed by atoms with Crippen LogP contribution in [0.25, 0.3) is 16.0 Å². The summed E-state index contributed by atoms with van der Waals surface area (Å²) >= 11 is 0. The molecule has 0 spiro atoms. The van der Waals surface area contributed by atoms with E-state index in [1.807, 2.05) is 0 Å². The number of hydrogen-bond acceptors (Lipinski definition) is 1. The average molecular weight is 244 g/mol. The Morgan fingerprint density at radius 1 is 1.17 bits per heavy atom. The summed E-state index contributed by atoms with van der Waals surface area (Å²) in [4.78, 5) is 16.6. The molecule has 0 unspecified atom stereocenters. The summed E-state index contributed by atoms with van der Waals surface area (Å²) < 4.78 is 28.2. The molecular weight excluding hydrogens is 238 g/mol. The van der Waals surface area contributed by atoms with Crippen molar-refractivity contribution >= 4 is 5.69 Å². The zero-order chi connectivity index (χ0) is 12.9. The third-order valence-electron chi connectivity index (χ3n) is 2.99. The van der Waals surface area contributed by atoms with E-state index in [1.54, 1.807) is 0 Å². The Kier molecular flexibility index (Phi) is 1.93. The van der Waals surface area contributed by atoms with Crippen molar-refractivity contribution in [3.8, 4) is 11.1 Å². The lowest BCUT2D eigenvalue weighted by atomic mass is 10.1. The third-order valence-corrected chi connectivity index (χ3v) is 2.99. The Morgan fingerprint density at radius 3 is 2.67 bits per heavy atom. The number of hydrogen-bond donors (Lipinski definition) is 1. The highest BCUT2D eigenvalue weighted by Gasteiger charge is 2.45. The van der Waals surface area contributed by atoms with Gasteiger partial charge in [0.05, 0.1) is 6.57 Å². The van der Waals surface area contributed by atoms with E-state index in [0.717, 1.165) is 0 Å². The molecule has 0 saturated heterocycles. The Balaban J connectivity index is 2.40. The quantitative estimate of drug-likeness (QED) is 0.710. The van der Waals surface area contributed by atoms with Crippen molar-refractivity contribution < 1.29 is 8.78 Å². The van der Waals surface area contributed by atoms with Crippen molar-refractivity contribution in [3.05, 3.63) is 63.4 Å². The standard InChI is InChI=1S/C13H6F2N2O/c1-16-7-2-4-10-9(6-7)8-3-5-11(18)17-12(8)13(10,14)15/h2-6H,(H,17,18). The Hall–Kier alpha value is -2.48. The van der Waals surface area contributed by atoms with Crippen molar-refractivity contribution in [2.45, 2.75) is 5.92 Å². The molecule has 1 aromatic carbocycles. The predicted octanol–water partition coefficient (Wildman–Crippen LogP) is 3.05. The molecule has 88 valence electrons. The van der Waals surface area contributed by atoms with Gasteiger partial charge in [0.25, 0.3) is 0 Å². The first-order valence-electron chi connectivity index (χ1n) is 5.18. The molecule has 1 N–H and O–H groups in total. The van der Waals surface area contributed by atoms with Crippen LogP contribution in [0.1, 0.15) is 11.3 Å². The number of H-pyrrole nitrogens is 1. The van der Waals surface area contributed by atoms with Gasteiger partial charge in [0, 0.05) is 17.2 Å². The van der Waals surface area contributed by atoms with E-state index in [9.17, 15) is 13.6 Å². The van der Waals surface area contributed by atoms with Crippen molar-refractivity contribution in [2.24, 2.45) is 0 Å². The lowest BCUT2D eigenvalue weighted by Crippen LogP contribution is -2.17. The molecule has 18 heavy (non-hydrogen) atoms. The minimum Gasteiger partial charge on any atom is -0.320 e. The maximum Gasteiger partial charge on any atom is 0.314 e. The van der Waals surface area contributed by atoms with Crippen molar-refractivity contribution in [2.75, 3.05) is 0 Å².